The van der Waals surface area contributed by atoms with Crippen LogP contribution in [0.3, 0.4) is 0 Å². The van der Waals surface area contributed by atoms with Crippen molar-refractivity contribution in [3.05, 3.63) is 11.8 Å². The van der Waals surface area contributed by atoms with Crippen molar-refractivity contribution in [2.75, 3.05) is 39.8 Å². The van der Waals surface area contributed by atoms with Crippen LogP contribution in [0.1, 0.15) is 64.2 Å². The maximum atomic E-state index is 13.9. The predicted octanol–water partition coefficient (Wildman–Crippen LogP) is 0.686. The molecule has 40 heavy (non-hydrogen) atoms. The Balaban J connectivity index is 1.30. The molecule has 7 unspecified atom stereocenters. The number of alkyl halides is 1. The Labute approximate surface area is 243 Å². The number of nitrogens with one attached hydrogen (secondary N) is 4. The summed E-state index contributed by atoms with van der Waals surface area (Å²) in [7, 11) is 1.81. The fourth-order valence-corrected chi connectivity index (χ4v) is 7.78. The second-order valence-corrected chi connectivity index (χ2v) is 13.1. The number of β-amino-alcohol motifs (C(OH)–C–C–N with tert-alkyl or cyclic N) is 1. The van der Waals surface area contributed by atoms with Gasteiger partial charge in [-0.2, -0.15) is 0 Å². The molecule has 10 nitrogen and oxygen atoms in total. The van der Waals surface area contributed by atoms with E-state index in [1.54, 1.807) is 11.9 Å². The first-order chi connectivity index (χ1) is 19.3. The van der Waals surface area contributed by atoms with Crippen molar-refractivity contribution in [2.24, 2.45) is 11.8 Å². The molecule has 224 valence electrons. The number of amides is 3. The molecule has 0 radical (unpaired) electrons. The zero-order valence-electron chi connectivity index (χ0n) is 23.7. The third kappa shape index (κ3) is 6.77. The van der Waals surface area contributed by atoms with Crippen LogP contribution in [-0.2, 0) is 14.4 Å². The van der Waals surface area contributed by atoms with Crippen LogP contribution in [0.2, 0.25) is 0 Å². The van der Waals surface area contributed by atoms with E-state index in [1.165, 1.54) is 23.3 Å². The number of hydrogen-bond donors (Lipinski definition) is 5. The number of aliphatic hydroxyl groups excluding tert-OH is 1. The topological polar surface area (TPSA) is 126 Å². The Kier molecular flexibility index (Phi) is 9.92. The number of halogens is 1. The maximum absolute atomic E-state index is 13.9. The third-order valence-electron chi connectivity index (χ3n) is 9.68. The van der Waals surface area contributed by atoms with Crippen molar-refractivity contribution >= 4 is 29.3 Å². The number of likely N-dealkylation sites (N-methyl/N-ethyl adjacent to an activating group) is 1. The molecule has 3 aliphatic heterocycles. The smallest absolute Gasteiger partial charge is 0.245 e. The SMILES string of the molecule is CN(CC1CCCCC1Cl)C(=O)C(CC1=CNC2CCCCC12)NC(=O)C1C[C@@H](O)CN1C(=O)C1CNCCN1. The molecule has 0 bridgehead atoms. The molecule has 0 spiro atoms. The summed E-state index contributed by atoms with van der Waals surface area (Å²) in [6, 6.07) is -1.58. The number of fused-ring (bicyclic) bond motifs is 1. The lowest BCUT2D eigenvalue weighted by atomic mass is 9.80. The molecule has 0 aromatic carbocycles. The number of rotatable bonds is 8. The number of carbonyl (C=O) groups excluding carboxylic acids is 3. The molecule has 0 aromatic rings. The second-order valence-electron chi connectivity index (χ2n) is 12.5. The van der Waals surface area contributed by atoms with E-state index in [4.69, 9.17) is 11.6 Å². The van der Waals surface area contributed by atoms with E-state index in [-0.39, 0.29) is 42.0 Å². The van der Waals surface area contributed by atoms with Crippen LogP contribution in [0.15, 0.2) is 11.8 Å². The molecule has 2 saturated heterocycles. The fraction of sp³-hybridized carbons (Fsp3) is 0.828. The average Bonchev–Trinajstić information content (AvgIpc) is 3.57. The van der Waals surface area contributed by atoms with Crippen LogP contribution in [0.25, 0.3) is 0 Å². The first kappa shape index (κ1) is 29.6. The summed E-state index contributed by atoms with van der Waals surface area (Å²) in [6.45, 7) is 2.62. The van der Waals surface area contributed by atoms with Gasteiger partial charge in [-0.05, 0) is 49.8 Å². The lowest BCUT2D eigenvalue weighted by Gasteiger charge is -2.34. The first-order valence-corrected chi connectivity index (χ1v) is 15.8. The summed E-state index contributed by atoms with van der Waals surface area (Å²) in [6.07, 6.45) is 10.7. The number of aliphatic hydroxyl groups is 1. The van der Waals surface area contributed by atoms with Gasteiger partial charge in [0.05, 0.1) is 12.1 Å². The number of carbonyl (C=O) groups is 3. The van der Waals surface area contributed by atoms with Gasteiger partial charge < -0.3 is 36.2 Å². The van der Waals surface area contributed by atoms with Crippen molar-refractivity contribution in [2.45, 2.75) is 99.9 Å². The summed E-state index contributed by atoms with van der Waals surface area (Å²) in [5, 5.41) is 23.5. The van der Waals surface area contributed by atoms with Crippen LogP contribution in [-0.4, -0.2) is 108 Å². The van der Waals surface area contributed by atoms with Gasteiger partial charge in [-0.15, -0.1) is 11.6 Å². The monoisotopic (exact) mass is 578 g/mol. The van der Waals surface area contributed by atoms with E-state index in [2.05, 4.69) is 27.5 Å². The Hall–Kier alpha value is -1.88. The average molecular weight is 579 g/mol. The minimum Gasteiger partial charge on any atom is -0.391 e. The minimum atomic E-state index is -0.810. The molecular formula is C29H47ClN6O4. The van der Waals surface area contributed by atoms with E-state index < -0.39 is 24.2 Å². The van der Waals surface area contributed by atoms with E-state index in [0.29, 0.717) is 38.0 Å². The largest absolute Gasteiger partial charge is 0.391 e. The molecule has 0 aromatic heterocycles. The molecule has 2 saturated carbocycles. The van der Waals surface area contributed by atoms with Gasteiger partial charge in [0, 0.05) is 63.5 Å². The number of piperazine rings is 1. The molecule has 2 aliphatic carbocycles. The second kappa shape index (κ2) is 13.4. The Bertz CT molecular complexity index is 959. The number of hydrogen-bond acceptors (Lipinski definition) is 7. The molecule has 8 atom stereocenters. The third-order valence-corrected chi connectivity index (χ3v) is 10.3. The number of nitrogens with zero attached hydrogens (tertiary/aromatic N) is 2. The Morgan fingerprint density at radius 3 is 2.70 bits per heavy atom. The lowest BCUT2D eigenvalue weighted by molar-refractivity contribution is -0.142. The van der Waals surface area contributed by atoms with Crippen LogP contribution in [0, 0.1) is 11.8 Å². The van der Waals surface area contributed by atoms with Crippen LogP contribution in [0.5, 0.6) is 0 Å². The van der Waals surface area contributed by atoms with Gasteiger partial charge in [0.2, 0.25) is 17.7 Å². The normalized spacial score (nSPS) is 34.8. The van der Waals surface area contributed by atoms with E-state index >= 15 is 0 Å². The molecule has 11 heteroatoms. The van der Waals surface area contributed by atoms with Crippen molar-refractivity contribution in [3.8, 4) is 0 Å². The zero-order valence-corrected chi connectivity index (χ0v) is 24.5. The molecule has 4 fully saturated rings. The summed E-state index contributed by atoms with van der Waals surface area (Å²) in [4.78, 5) is 44.2. The van der Waals surface area contributed by atoms with Gasteiger partial charge in [-0.3, -0.25) is 14.4 Å². The van der Waals surface area contributed by atoms with E-state index in [0.717, 1.165) is 45.1 Å². The van der Waals surface area contributed by atoms with Gasteiger partial charge in [0.25, 0.3) is 0 Å². The lowest BCUT2D eigenvalue weighted by Crippen LogP contribution is -2.60. The van der Waals surface area contributed by atoms with Crippen LogP contribution < -0.4 is 21.3 Å². The van der Waals surface area contributed by atoms with E-state index in [1.807, 2.05) is 0 Å². The summed E-state index contributed by atoms with van der Waals surface area (Å²) in [5.74, 6) is -0.0711. The summed E-state index contributed by atoms with van der Waals surface area (Å²) < 4.78 is 0. The van der Waals surface area contributed by atoms with Gasteiger partial charge in [-0.1, -0.05) is 25.7 Å². The molecular weight excluding hydrogens is 532 g/mol. The standard InChI is InChI=1S/C29H47ClN6O4/c1-35(16-18-6-2-4-8-22(18)30)28(39)24(12-19-14-33-23-9-5-3-7-21(19)23)34-27(38)26-13-20(37)17-36(26)29(40)25-15-31-10-11-32-25/h14,18,20-26,31-33,37H,2-13,15-17H2,1H3,(H,34,38)/t18?,20-,21?,22?,23?,24?,25?,26?/m1/s1. The summed E-state index contributed by atoms with van der Waals surface area (Å²) in [5.41, 5.74) is 1.18. The van der Waals surface area contributed by atoms with Gasteiger partial charge in [0.1, 0.15) is 12.1 Å². The fourth-order valence-electron chi connectivity index (χ4n) is 7.42. The summed E-state index contributed by atoms with van der Waals surface area (Å²) >= 11 is 6.62. The Morgan fingerprint density at radius 2 is 1.93 bits per heavy atom. The highest BCUT2D eigenvalue weighted by atomic mass is 35.5. The maximum Gasteiger partial charge on any atom is 0.245 e. The first-order valence-electron chi connectivity index (χ1n) is 15.4. The van der Waals surface area contributed by atoms with Gasteiger partial charge >= 0.3 is 0 Å². The quantitative estimate of drug-likeness (QED) is 0.268. The minimum absolute atomic E-state index is 0.0595. The highest BCUT2D eigenvalue weighted by Crippen LogP contribution is 2.36. The zero-order chi connectivity index (χ0) is 28.2. The Morgan fingerprint density at radius 1 is 1.15 bits per heavy atom. The molecule has 5 rings (SSSR count). The van der Waals surface area contributed by atoms with Crippen molar-refractivity contribution in [3.63, 3.8) is 0 Å². The van der Waals surface area contributed by atoms with Gasteiger partial charge in [-0.25, -0.2) is 0 Å². The number of likely N-dealkylation sites (tertiary alicyclic amines) is 1. The van der Waals surface area contributed by atoms with Crippen molar-refractivity contribution < 1.29 is 19.5 Å². The highest BCUT2D eigenvalue weighted by Gasteiger charge is 2.43. The molecule has 3 heterocycles. The molecule has 5 aliphatic rings. The van der Waals surface area contributed by atoms with E-state index in [9.17, 15) is 19.5 Å². The van der Waals surface area contributed by atoms with Crippen molar-refractivity contribution in [1.29, 1.82) is 0 Å². The van der Waals surface area contributed by atoms with Crippen LogP contribution >= 0.6 is 11.6 Å². The van der Waals surface area contributed by atoms with Crippen molar-refractivity contribution in [1.82, 2.24) is 31.1 Å². The molecule has 3 amide bonds. The predicted molar refractivity (Wildman–Crippen MR) is 154 cm³/mol. The highest BCUT2D eigenvalue weighted by molar-refractivity contribution is 6.20. The molecule has 5 N–H and O–H groups in total. The van der Waals surface area contributed by atoms with Gasteiger partial charge in [0.15, 0.2) is 0 Å². The van der Waals surface area contributed by atoms with Crippen LogP contribution in [0.4, 0.5) is 0 Å².